The number of aliphatic imine (C=N–C) groups is 1. The number of nitrogens with zero attached hydrogens (tertiary/aromatic N) is 1. The van der Waals surface area contributed by atoms with E-state index < -0.39 is 0 Å². The molecule has 22 heavy (non-hydrogen) atoms. The fourth-order valence-corrected chi connectivity index (χ4v) is 3.60. The molecule has 0 spiro atoms. The van der Waals surface area contributed by atoms with Crippen LogP contribution in [0.5, 0.6) is 5.75 Å². The lowest BCUT2D eigenvalue weighted by molar-refractivity contribution is -0.115. The Morgan fingerprint density at radius 3 is 2.91 bits per heavy atom. The second-order valence-corrected chi connectivity index (χ2v) is 6.44. The molecule has 0 aromatic heterocycles. The van der Waals surface area contributed by atoms with Crippen LogP contribution in [-0.2, 0) is 4.79 Å². The van der Waals surface area contributed by atoms with Crippen molar-refractivity contribution in [3.63, 3.8) is 0 Å². The van der Waals surface area contributed by atoms with Gasteiger partial charge in [0.2, 0.25) is 0 Å². The fourth-order valence-electron chi connectivity index (χ4n) is 2.72. The van der Waals surface area contributed by atoms with E-state index in [-0.39, 0.29) is 5.91 Å². The fraction of sp³-hybridized carbons (Fsp3) is 0.412. The zero-order chi connectivity index (χ0) is 15.4. The van der Waals surface area contributed by atoms with Crippen molar-refractivity contribution in [3.8, 4) is 5.75 Å². The third-order valence-electron chi connectivity index (χ3n) is 3.78. The van der Waals surface area contributed by atoms with Crippen LogP contribution >= 0.6 is 11.8 Å². The van der Waals surface area contributed by atoms with E-state index in [0.717, 1.165) is 29.3 Å². The number of benzene rings is 1. The van der Waals surface area contributed by atoms with Gasteiger partial charge >= 0.3 is 0 Å². The van der Waals surface area contributed by atoms with Crippen molar-refractivity contribution in [1.82, 2.24) is 5.32 Å². The summed E-state index contributed by atoms with van der Waals surface area (Å²) in [6.45, 7) is 2.56. The summed E-state index contributed by atoms with van der Waals surface area (Å²) in [6, 6.07) is 8.12. The molecule has 4 nitrogen and oxygen atoms in total. The van der Waals surface area contributed by atoms with Crippen molar-refractivity contribution in [3.05, 3.63) is 34.7 Å². The van der Waals surface area contributed by atoms with Crippen LogP contribution in [0.1, 0.15) is 38.2 Å². The van der Waals surface area contributed by atoms with E-state index >= 15 is 0 Å². The van der Waals surface area contributed by atoms with Crippen LogP contribution < -0.4 is 10.1 Å². The molecule has 1 aromatic carbocycles. The molecule has 1 heterocycles. The third-order valence-corrected chi connectivity index (χ3v) is 4.70. The lowest BCUT2D eigenvalue weighted by Crippen LogP contribution is -2.21. The highest BCUT2D eigenvalue weighted by Gasteiger charge is 2.25. The maximum absolute atomic E-state index is 12.1. The lowest BCUT2D eigenvalue weighted by atomic mass is 10.2. The largest absolute Gasteiger partial charge is 0.493 e. The molecule has 3 rings (SSSR count). The lowest BCUT2D eigenvalue weighted by Gasteiger charge is -2.06. The smallest absolute Gasteiger partial charge is 0.264 e. The SMILES string of the molecule is CCOc1ccccc1C=C1SC(=NC2CCCC2)NC1=O. The summed E-state index contributed by atoms with van der Waals surface area (Å²) in [5.41, 5.74) is 0.920. The molecule has 1 amide bonds. The Hall–Kier alpha value is -1.75. The number of amides is 1. The minimum absolute atomic E-state index is 0.0759. The van der Waals surface area contributed by atoms with Gasteiger partial charge in [0.05, 0.1) is 17.6 Å². The number of carbonyl (C=O) groups is 1. The highest BCUT2D eigenvalue weighted by atomic mass is 32.2. The van der Waals surface area contributed by atoms with Crippen molar-refractivity contribution in [2.45, 2.75) is 38.6 Å². The topological polar surface area (TPSA) is 50.7 Å². The molecule has 1 N–H and O–H groups in total. The number of amidine groups is 1. The molecule has 116 valence electrons. The molecule has 0 atom stereocenters. The Morgan fingerprint density at radius 1 is 1.36 bits per heavy atom. The number of carbonyl (C=O) groups excluding carboxylic acids is 1. The molecule has 1 saturated heterocycles. The van der Waals surface area contributed by atoms with Gasteiger partial charge in [-0.2, -0.15) is 0 Å². The van der Waals surface area contributed by atoms with Crippen molar-refractivity contribution >= 4 is 28.9 Å². The van der Waals surface area contributed by atoms with Crippen LogP contribution in [0.4, 0.5) is 0 Å². The van der Waals surface area contributed by atoms with Gasteiger partial charge in [-0.1, -0.05) is 31.0 Å². The molecule has 0 radical (unpaired) electrons. The van der Waals surface area contributed by atoms with E-state index in [0.29, 0.717) is 17.6 Å². The van der Waals surface area contributed by atoms with Gasteiger partial charge in [0.15, 0.2) is 5.17 Å². The summed E-state index contributed by atoms with van der Waals surface area (Å²) in [7, 11) is 0. The third kappa shape index (κ3) is 3.53. The Kier molecular flexibility index (Phi) is 4.83. The highest BCUT2D eigenvalue weighted by Crippen LogP contribution is 2.31. The van der Waals surface area contributed by atoms with Crippen molar-refractivity contribution in [1.29, 1.82) is 0 Å². The van der Waals surface area contributed by atoms with Crippen LogP contribution in [0.2, 0.25) is 0 Å². The second-order valence-electron chi connectivity index (χ2n) is 5.41. The second kappa shape index (κ2) is 7.01. The first-order valence-electron chi connectivity index (χ1n) is 7.77. The first-order chi connectivity index (χ1) is 10.8. The van der Waals surface area contributed by atoms with Gasteiger partial charge in [0.25, 0.3) is 5.91 Å². The summed E-state index contributed by atoms with van der Waals surface area (Å²) >= 11 is 1.42. The van der Waals surface area contributed by atoms with E-state index in [1.54, 1.807) is 0 Å². The van der Waals surface area contributed by atoms with E-state index in [2.05, 4.69) is 10.3 Å². The minimum Gasteiger partial charge on any atom is -0.493 e. The first kappa shape index (κ1) is 15.2. The van der Waals surface area contributed by atoms with Gasteiger partial charge in [0.1, 0.15) is 5.75 Å². The predicted molar refractivity (Wildman–Crippen MR) is 91.0 cm³/mol. The molecule has 2 fully saturated rings. The number of rotatable bonds is 4. The molecule has 5 heteroatoms. The van der Waals surface area contributed by atoms with E-state index in [4.69, 9.17) is 4.74 Å². The number of nitrogens with one attached hydrogen (secondary N) is 1. The normalized spacial score (nSPS) is 22.5. The number of para-hydroxylation sites is 1. The monoisotopic (exact) mass is 316 g/mol. The molecule has 1 aliphatic heterocycles. The molecular weight excluding hydrogens is 296 g/mol. The molecule has 0 bridgehead atoms. The van der Waals surface area contributed by atoms with Crippen molar-refractivity contribution < 1.29 is 9.53 Å². The van der Waals surface area contributed by atoms with Crippen LogP contribution in [0.25, 0.3) is 6.08 Å². The van der Waals surface area contributed by atoms with Crippen LogP contribution in [0.3, 0.4) is 0 Å². The molecule has 1 aromatic rings. The Bertz CT molecular complexity index is 619. The van der Waals surface area contributed by atoms with Gasteiger partial charge in [-0.3, -0.25) is 9.79 Å². The zero-order valence-corrected chi connectivity index (χ0v) is 13.5. The Morgan fingerprint density at radius 2 is 2.14 bits per heavy atom. The molecular formula is C17H20N2O2S. The standard InChI is InChI=1S/C17H20N2O2S/c1-2-21-14-10-6-3-7-12(14)11-15-16(20)19-17(22-15)18-13-8-4-5-9-13/h3,6-7,10-11,13H,2,4-5,8-9H2,1H3,(H,18,19,20). The average molecular weight is 316 g/mol. The van der Waals surface area contributed by atoms with E-state index in [1.807, 2.05) is 37.3 Å². The summed E-state index contributed by atoms with van der Waals surface area (Å²) in [6.07, 6.45) is 6.62. The number of hydrogen-bond acceptors (Lipinski definition) is 4. The Balaban J connectivity index is 1.78. The number of hydrogen-bond donors (Lipinski definition) is 1. The average Bonchev–Trinajstić information content (AvgIpc) is 3.12. The minimum atomic E-state index is -0.0759. The molecule has 0 unspecified atom stereocenters. The van der Waals surface area contributed by atoms with E-state index in [1.165, 1.54) is 24.6 Å². The number of ether oxygens (including phenoxy) is 1. The van der Waals surface area contributed by atoms with Crippen LogP contribution in [-0.4, -0.2) is 23.7 Å². The Labute approximate surface area is 135 Å². The predicted octanol–water partition coefficient (Wildman–Crippen LogP) is 3.59. The molecule has 1 saturated carbocycles. The zero-order valence-electron chi connectivity index (χ0n) is 12.7. The summed E-state index contributed by atoms with van der Waals surface area (Å²) in [4.78, 5) is 17.4. The maximum atomic E-state index is 12.1. The summed E-state index contributed by atoms with van der Waals surface area (Å²) < 4.78 is 5.60. The van der Waals surface area contributed by atoms with Crippen LogP contribution in [0.15, 0.2) is 34.2 Å². The summed E-state index contributed by atoms with van der Waals surface area (Å²) in [5.74, 6) is 0.722. The van der Waals surface area contributed by atoms with Gasteiger partial charge in [-0.15, -0.1) is 0 Å². The number of thioether (sulfide) groups is 1. The molecule has 1 aliphatic carbocycles. The van der Waals surface area contributed by atoms with Gasteiger partial charge in [-0.05, 0) is 43.7 Å². The quantitative estimate of drug-likeness (QED) is 0.864. The van der Waals surface area contributed by atoms with Gasteiger partial charge < -0.3 is 10.1 Å². The van der Waals surface area contributed by atoms with Gasteiger partial charge in [-0.25, -0.2) is 0 Å². The molecule has 2 aliphatic rings. The summed E-state index contributed by atoms with van der Waals surface area (Å²) in [5, 5.41) is 3.60. The van der Waals surface area contributed by atoms with Crippen molar-refractivity contribution in [2.75, 3.05) is 6.61 Å². The highest BCUT2D eigenvalue weighted by molar-refractivity contribution is 8.18. The first-order valence-corrected chi connectivity index (χ1v) is 8.58. The van der Waals surface area contributed by atoms with E-state index in [9.17, 15) is 4.79 Å². The van der Waals surface area contributed by atoms with Crippen LogP contribution in [0, 0.1) is 0 Å². The van der Waals surface area contributed by atoms with Crippen molar-refractivity contribution in [2.24, 2.45) is 4.99 Å². The van der Waals surface area contributed by atoms with Gasteiger partial charge in [0, 0.05) is 5.56 Å². The maximum Gasteiger partial charge on any atom is 0.264 e.